The molecule has 0 saturated heterocycles. The predicted molar refractivity (Wildman–Crippen MR) is 97.5 cm³/mol. The summed E-state index contributed by atoms with van der Waals surface area (Å²) in [7, 11) is 0. The molecule has 0 aliphatic carbocycles. The normalized spacial score (nSPS) is 11.2. The van der Waals surface area contributed by atoms with Crippen LogP contribution in [0.4, 0.5) is 5.69 Å². The SMILES string of the molecule is Cc1cc(C)n2nc(C(=O)Nc3ccc4[nH]c(C)cc(=O)c4c3)nc2n1. The molecule has 0 fully saturated rings. The van der Waals surface area contributed by atoms with E-state index in [1.807, 2.05) is 26.8 Å². The number of carbonyl (C=O) groups excluding carboxylic acids is 1. The maximum Gasteiger partial charge on any atom is 0.295 e. The first-order valence-electron chi connectivity index (χ1n) is 8.07. The summed E-state index contributed by atoms with van der Waals surface area (Å²) in [5, 5.41) is 7.44. The zero-order chi connectivity index (χ0) is 18.4. The van der Waals surface area contributed by atoms with Crippen molar-refractivity contribution in [3.8, 4) is 0 Å². The molecule has 0 saturated carbocycles. The molecule has 0 atom stereocenters. The van der Waals surface area contributed by atoms with Crippen molar-refractivity contribution in [2.75, 3.05) is 5.32 Å². The van der Waals surface area contributed by atoms with Crippen molar-refractivity contribution in [1.29, 1.82) is 0 Å². The smallest absolute Gasteiger partial charge is 0.295 e. The molecule has 0 bridgehead atoms. The van der Waals surface area contributed by atoms with Gasteiger partial charge in [-0.15, -0.1) is 5.10 Å². The number of aromatic amines is 1. The maximum absolute atomic E-state index is 12.5. The van der Waals surface area contributed by atoms with Crippen molar-refractivity contribution in [3.63, 3.8) is 0 Å². The van der Waals surface area contributed by atoms with Gasteiger partial charge in [0.05, 0.1) is 0 Å². The van der Waals surface area contributed by atoms with E-state index in [9.17, 15) is 9.59 Å². The number of hydrogen-bond donors (Lipinski definition) is 2. The monoisotopic (exact) mass is 348 g/mol. The van der Waals surface area contributed by atoms with Crippen molar-refractivity contribution < 1.29 is 4.79 Å². The molecule has 0 spiro atoms. The third-order valence-corrected chi connectivity index (χ3v) is 4.04. The molecule has 0 aliphatic rings. The molecule has 0 aliphatic heterocycles. The molecule has 8 heteroatoms. The molecule has 4 rings (SSSR count). The van der Waals surface area contributed by atoms with E-state index in [0.717, 1.165) is 17.1 Å². The van der Waals surface area contributed by atoms with E-state index < -0.39 is 5.91 Å². The van der Waals surface area contributed by atoms with Gasteiger partial charge in [-0.3, -0.25) is 9.59 Å². The van der Waals surface area contributed by atoms with Crippen LogP contribution in [0.2, 0.25) is 0 Å². The first-order chi connectivity index (χ1) is 12.4. The quantitative estimate of drug-likeness (QED) is 0.577. The lowest BCUT2D eigenvalue weighted by molar-refractivity contribution is 0.101. The van der Waals surface area contributed by atoms with E-state index in [-0.39, 0.29) is 11.3 Å². The minimum Gasteiger partial charge on any atom is -0.358 e. The van der Waals surface area contributed by atoms with Crippen LogP contribution in [0.25, 0.3) is 16.7 Å². The Morgan fingerprint density at radius 2 is 1.92 bits per heavy atom. The fraction of sp³-hybridized carbons (Fsp3) is 0.167. The highest BCUT2D eigenvalue weighted by atomic mass is 16.2. The van der Waals surface area contributed by atoms with Crippen LogP contribution in [0.1, 0.15) is 27.7 Å². The molecule has 8 nitrogen and oxygen atoms in total. The fourth-order valence-electron chi connectivity index (χ4n) is 2.91. The summed E-state index contributed by atoms with van der Waals surface area (Å²) >= 11 is 0. The number of carbonyl (C=O) groups is 1. The van der Waals surface area contributed by atoms with Gasteiger partial charge in [0, 0.05) is 39.7 Å². The summed E-state index contributed by atoms with van der Waals surface area (Å²) in [5.41, 5.74) is 3.54. The number of aromatic nitrogens is 5. The minimum atomic E-state index is -0.463. The number of rotatable bonds is 2. The molecule has 2 N–H and O–H groups in total. The number of benzene rings is 1. The first-order valence-corrected chi connectivity index (χ1v) is 8.07. The Morgan fingerprint density at radius 1 is 1.12 bits per heavy atom. The molecule has 0 radical (unpaired) electrons. The van der Waals surface area contributed by atoms with Crippen molar-refractivity contribution in [2.24, 2.45) is 0 Å². The van der Waals surface area contributed by atoms with E-state index >= 15 is 0 Å². The Labute approximate surface area is 147 Å². The van der Waals surface area contributed by atoms with Gasteiger partial charge in [0.2, 0.25) is 5.82 Å². The van der Waals surface area contributed by atoms with Gasteiger partial charge in [0.15, 0.2) is 5.43 Å². The molecule has 0 unspecified atom stereocenters. The summed E-state index contributed by atoms with van der Waals surface area (Å²) in [6.45, 7) is 5.55. The van der Waals surface area contributed by atoms with Crippen molar-refractivity contribution in [2.45, 2.75) is 20.8 Å². The Morgan fingerprint density at radius 3 is 2.73 bits per heavy atom. The van der Waals surface area contributed by atoms with Crippen molar-refractivity contribution in [3.05, 3.63) is 63.5 Å². The number of nitrogens with zero attached hydrogens (tertiary/aromatic N) is 4. The maximum atomic E-state index is 12.5. The highest BCUT2D eigenvalue weighted by Gasteiger charge is 2.15. The minimum absolute atomic E-state index is 0.0177. The molecule has 1 amide bonds. The van der Waals surface area contributed by atoms with Crippen LogP contribution < -0.4 is 10.7 Å². The molecule has 1 aromatic carbocycles. The lowest BCUT2D eigenvalue weighted by Crippen LogP contribution is -2.14. The van der Waals surface area contributed by atoms with Crippen LogP contribution in [-0.2, 0) is 0 Å². The van der Waals surface area contributed by atoms with E-state index in [0.29, 0.717) is 22.4 Å². The standard InChI is InChI=1S/C18H16N6O2/c1-9-6-11(3)24-18(20-9)22-16(23-24)17(26)21-12-4-5-14-13(8-12)15(25)7-10(2)19-14/h4-8H,1-3H3,(H,19,25)(H,21,26). The van der Waals surface area contributed by atoms with Crippen LogP contribution in [0.15, 0.2) is 35.1 Å². The van der Waals surface area contributed by atoms with Gasteiger partial charge in [-0.25, -0.2) is 9.50 Å². The summed E-state index contributed by atoms with van der Waals surface area (Å²) in [5.74, 6) is -0.0716. The summed E-state index contributed by atoms with van der Waals surface area (Å²) < 4.78 is 1.52. The number of fused-ring (bicyclic) bond motifs is 2. The highest BCUT2D eigenvalue weighted by Crippen LogP contribution is 2.16. The van der Waals surface area contributed by atoms with Gasteiger partial charge < -0.3 is 10.3 Å². The van der Waals surface area contributed by atoms with E-state index in [1.165, 1.54) is 10.6 Å². The van der Waals surface area contributed by atoms with Crippen LogP contribution in [0.3, 0.4) is 0 Å². The van der Waals surface area contributed by atoms with Crippen LogP contribution in [0, 0.1) is 20.8 Å². The Hall–Kier alpha value is -3.55. The van der Waals surface area contributed by atoms with Crippen molar-refractivity contribution in [1.82, 2.24) is 24.6 Å². The number of nitrogens with one attached hydrogen (secondary N) is 2. The average molecular weight is 348 g/mol. The molecule has 130 valence electrons. The second-order valence-electron chi connectivity index (χ2n) is 6.22. The molecule has 3 heterocycles. The molecule has 4 aromatic rings. The third-order valence-electron chi connectivity index (χ3n) is 4.04. The van der Waals surface area contributed by atoms with Gasteiger partial charge in [0.1, 0.15) is 0 Å². The fourth-order valence-corrected chi connectivity index (χ4v) is 2.91. The predicted octanol–water partition coefficient (Wildman–Crippen LogP) is 2.14. The van der Waals surface area contributed by atoms with Crippen molar-refractivity contribution >= 4 is 28.3 Å². The highest BCUT2D eigenvalue weighted by molar-refractivity contribution is 6.02. The van der Waals surface area contributed by atoms with E-state index in [1.54, 1.807) is 18.2 Å². The number of hydrogen-bond acceptors (Lipinski definition) is 5. The van der Waals surface area contributed by atoms with Gasteiger partial charge in [0.25, 0.3) is 11.7 Å². The lowest BCUT2D eigenvalue weighted by atomic mass is 10.1. The van der Waals surface area contributed by atoms with Crippen LogP contribution in [-0.4, -0.2) is 30.5 Å². The number of amides is 1. The zero-order valence-corrected chi connectivity index (χ0v) is 14.5. The second-order valence-corrected chi connectivity index (χ2v) is 6.22. The molecule has 3 aromatic heterocycles. The molecular formula is C18H16N6O2. The van der Waals surface area contributed by atoms with E-state index in [2.05, 4.69) is 25.4 Å². The van der Waals surface area contributed by atoms with Gasteiger partial charge in [-0.05, 0) is 45.0 Å². The first kappa shape index (κ1) is 15.9. The van der Waals surface area contributed by atoms with Gasteiger partial charge >= 0.3 is 0 Å². The Bertz CT molecular complexity index is 1240. The average Bonchev–Trinajstić information content (AvgIpc) is 3.00. The number of anilines is 1. The summed E-state index contributed by atoms with van der Waals surface area (Å²) in [6.07, 6.45) is 0. The number of H-pyrrole nitrogens is 1. The largest absolute Gasteiger partial charge is 0.358 e. The Balaban J connectivity index is 1.69. The lowest BCUT2D eigenvalue weighted by Gasteiger charge is -2.05. The Kier molecular flexibility index (Phi) is 3.54. The summed E-state index contributed by atoms with van der Waals surface area (Å²) in [6, 6.07) is 8.49. The summed E-state index contributed by atoms with van der Waals surface area (Å²) in [4.78, 5) is 36.2. The van der Waals surface area contributed by atoms with Gasteiger partial charge in [-0.1, -0.05) is 0 Å². The van der Waals surface area contributed by atoms with Gasteiger partial charge in [-0.2, -0.15) is 4.98 Å². The number of aryl methyl sites for hydroxylation is 3. The molecule has 26 heavy (non-hydrogen) atoms. The van der Waals surface area contributed by atoms with E-state index in [4.69, 9.17) is 0 Å². The molecular weight excluding hydrogens is 332 g/mol. The number of pyridine rings is 1. The van der Waals surface area contributed by atoms with Crippen LogP contribution >= 0.6 is 0 Å². The zero-order valence-electron chi connectivity index (χ0n) is 14.5. The van der Waals surface area contributed by atoms with Crippen LogP contribution in [0.5, 0.6) is 0 Å². The second kappa shape index (κ2) is 5.76. The topological polar surface area (TPSA) is 105 Å². The third kappa shape index (κ3) is 2.71.